The third-order valence-electron chi connectivity index (χ3n) is 4.82. The summed E-state index contributed by atoms with van der Waals surface area (Å²) in [6.07, 6.45) is 4.74. The zero-order valence-corrected chi connectivity index (χ0v) is 15.6. The second-order valence-electron chi connectivity index (χ2n) is 6.52. The van der Waals surface area contributed by atoms with Crippen molar-refractivity contribution in [3.8, 4) is 0 Å². The maximum atomic E-state index is 13.1. The number of nitrogens with zero attached hydrogens (tertiary/aromatic N) is 2. The quantitative estimate of drug-likeness (QED) is 0.624. The van der Waals surface area contributed by atoms with Crippen LogP contribution in [-0.2, 0) is 19.9 Å². The minimum absolute atomic E-state index is 0.138. The van der Waals surface area contributed by atoms with E-state index in [2.05, 4.69) is 25.8 Å². The third-order valence-corrected chi connectivity index (χ3v) is 4.82. The fraction of sp³-hybridized carbons (Fsp3) is 0.368. The molecule has 0 unspecified atom stereocenters. The van der Waals surface area contributed by atoms with Gasteiger partial charge in [-0.25, -0.2) is 0 Å². The molecule has 1 aromatic heterocycles. The number of amides is 2. The molecular weight excluding hydrogens is 362 g/mol. The maximum absolute atomic E-state index is 13.1. The van der Waals surface area contributed by atoms with E-state index in [0.29, 0.717) is 24.1 Å². The largest absolute Gasteiger partial charge is 0.468 e. The van der Waals surface area contributed by atoms with Gasteiger partial charge in [0.2, 0.25) is 0 Å². The number of ether oxygens (including phenoxy) is 1. The molecule has 1 aliphatic heterocycles. The zero-order chi connectivity index (χ0) is 20.0. The van der Waals surface area contributed by atoms with Crippen molar-refractivity contribution in [2.24, 2.45) is 0 Å². The Kier molecular flexibility index (Phi) is 6.05. The van der Waals surface area contributed by atoms with Crippen molar-refractivity contribution in [3.63, 3.8) is 0 Å². The highest BCUT2D eigenvalue weighted by Gasteiger charge is 2.42. The van der Waals surface area contributed by atoms with Gasteiger partial charge in [-0.15, -0.1) is 0 Å². The smallest absolute Gasteiger partial charge is 0.325 e. The number of piperidine rings is 1. The van der Waals surface area contributed by atoms with Gasteiger partial charge in [0.05, 0.1) is 7.11 Å². The van der Waals surface area contributed by atoms with Gasteiger partial charge in [0.25, 0.3) is 11.8 Å². The summed E-state index contributed by atoms with van der Waals surface area (Å²) < 4.78 is 6.20. The molecule has 0 aliphatic carbocycles. The van der Waals surface area contributed by atoms with Gasteiger partial charge in [-0.2, -0.15) is 5.10 Å². The summed E-state index contributed by atoms with van der Waals surface area (Å²) in [5.41, 5.74) is 0.218. The summed E-state index contributed by atoms with van der Waals surface area (Å²) in [6.45, 7) is 1.26. The van der Waals surface area contributed by atoms with Gasteiger partial charge >= 0.3 is 5.97 Å². The van der Waals surface area contributed by atoms with Crippen molar-refractivity contribution in [2.45, 2.75) is 18.4 Å². The van der Waals surface area contributed by atoms with Crippen molar-refractivity contribution >= 4 is 23.5 Å². The molecule has 0 radical (unpaired) electrons. The summed E-state index contributed by atoms with van der Waals surface area (Å²) in [5.74, 6) is -1.06. The topological polar surface area (TPSA) is 114 Å². The van der Waals surface area contributed by atoms with E-state index in [9.17, 15) is 14.4 Å². The number of hydrogen-bond donors (Lipinski definition) is 3. The lowest BCUT2D eigenvalue weighted by Crippen LogP contribution is -2.52. The van der Waals surface area contributed by atoms with Crippen LogP contribution in [0, 0.1) is 0 Å². The Hall–Kier alpha value is -3.20. The van der Waals surface area contributed by atoms with Crippen LogP contribution in [0.1, 0.15) is 23.2 Å². The number of carbonyl (C=O) groups excluding carboxylic acids is 3. The monoisotopic (exact) mass is 385 g/mol. The average Bonchev–Trinajstić information content (AvgIpc) is 3.28. The summed E-state index contributed by atoms with van der Waals surface area (Å²) in [4.78, 5) is 36.2. The molecule has 0 saturated carbocycles. The number of nitrogens with one attached hydrogen (secondary N) is 3. The first-order chi connectivity index (χ1) is 13.5. The lowest BCUT2D eigenvalue weighted by Gasteiger charge is -2.36. The van der Waals surface area contributed by atoms with Crippen molar-refractivity contribution < 1.29 is 19.1 Å². The first-order valence-electron chi connectivity index (χ1n) is 9.02. The summed E-state index contributed by atoms with van der Waals surface area (Å²) >= 11 is 0. The number of rotatable bonds is 6. The van der Waals surface area contributed by atoms with Crippen LogP contribution in [0.2, 0.25) is 0 Å². The first-order valence-corrected chi connectivity index (χ1v) is 9.02. The SMILES string of the molecule is COC(=O)CNC(=O)c1ccc(NC(=O)C2(n3cccn3)CCNCC2)cc1. The van der Waals surface area contributed by atoms with Crippen molar-refractivity contribution in [1.29, 1.82) is 0 Å². The molecular formula is C19H23N5O4. The van der Waals surface area contributed by atoms with Crippen LogP contribution in [0.25, 0.3) is 0 Å². The van der Waals surface area contributed by atoms with Crippen molar-refractivity contribution in [1.82, 2.24) is 20.4 Å². The van der Waals surface area contributed by atoms with Crippen LogP contribution in [0.5, 0.6) is 0 Å². The molecule has 1 fully saturated rings. The molecule has 2 heterocycles. The van der Waals surface area contributed by atoms with E-state index in [0.717, 1.165) is 13.1 Å². The minimum Gasteiger partial charge on any atom is -0.468 e. The van der Waals surface area contributed by atoms with Gasteiger partial charge in [0.1, 0.15) is 12.1 Å². The van der Waals surface area contributed by atoms with Crippen molar-refractivity contribution in [3.05, 3.63) is 48.3 Å². The van der Waals surface area contributed by atoms with Crippen LogP contribution in [-0.4, -0.2) is 54.3 Å². The molecule has 1 aliphatic rings. The second kappa shape index (κ2) is 8.66. The van der Waals surface area contributed by atoms with E-state index >= 15 is 0 Å². The predicted octanol–water partition coefficient (Wildman–Crippen LogP) is 0.503. The molecule has 9 heteroatoms. The Morgan fingerprint density at radius 1 is 1.21 bits per heavy atom. The number of carbonyl (C=O) groups is 3. The minimum atomic E-state index is -0.745. The lowest BCUT2D eigenvalue weighted by molar-refractivity contribution is -0.139. The molecule has 1 aromatic carbocycles. The second-order valence-corrected chi connectivity index (χ2v) is 6.52. The van der Waals surface area contributed by atoms with Gasteiger partial charge < -0.3 is 20.7 Å². The number of anilines is 1. The molecule has 0 spiro atoms. The van der Waals surface area contributed by atoms with E-state index in [1.54, 1.807) is 47.4 Å². The normalized spacial score (nSPS) is 15.5. The highest BCUT2D eigenvalue weighted by atomic mass is 16.5. The maximum Gasteiger partial charge on any atom is 0.325 e. The Bertz CT molecular complexity index is 827. The van der Waals surface area contributed by atoms with Crippen LogP contribution >= 0.6 is 0 Å². The summed E-state index contributed by atoms with van der Waals surface area (Å²) in [5, 5.41) is 13.0. The van der Waals surface area contributed by atoms with Gasteiger partial charge in [-0.1, -0.05) is 0 Å². The van der Waals surface area contributed by atoms with E-state index in [4.69, 9.17) is 0 Å². The van der Waals surface area contributed by atoms with Crippen LogP contribution in [0.4, 0.5) is 5.69 Å². The molecule has 9 nitrogen and oxygen atoms in total. The molecule has 28 heavy (non-hydrogen) atoms. The van der Waals surface area contributed by atoms with E-state index in [1.807, 2.05) is 0 Å². The number of aromatic nitrogens is 2. The first kappa shape index (κ1) is 19.6. The van der Waals surface area contributed by atoms with Gasteiger partial charge in [0.15, 0.2) is 0 Å². The summed E-state index contributed by atoms with van der Waals surface area (Å²) in [6, 6.07) is 8.29. The Labute approximate surface area is 162 Å². The average molecular weight is 385 g/mol. The lowest BCUT2D eigenvalue weighted by atomic mass is 9.87. The molecule has 2 aromatic rings. The van der Waals surface area contributed by atoms with E-state index in [1.165, 1.54) is 7.11 Å². The fourth-order valence-corrected chi connectivity index (χ4v) is 3.20. The Morgan fingerprint density at radius 3 is 2.54 bits per heavy atom. The number of esters is 1. The van der Waals surface area contributed by atoms with Crippen LogP contribution < -0.4 is 16.0 Å². The van der Waals surface area contributed by atoms with Crippen LogP contribution in [0.15, 0.2) is 42.7 Å². The molecule has 3 rings (SSSR count). The standard InChI is InChI=1S/C19H23N5O4/c1-28-16(25)13-21-17(26)14-3-5-15(6-4-14)23-18(27)19(7-10-20-11-8-19)24-12-2-9-22-24/h2-6,9,12,20H,7-8,10-11,13H2,1H3,(H,21,26)(H,23,27). The molecule has 2 amide bonds. The summed E-state index contributed by atoms with van der Waals surface area (Å²) in [7, 11) is 1.25. The predicted molar refractivity (Wildman–Crippen MR) is 102 cm³/mol. The van der Waals surface area contributed by atoms with Gasteiger partial charge in [-0.05, 0) is 56.3 Å². The highest BCUT2D eigenvalue weighted by Crippen LogP contribution is 2.28. The molecule has 3 N–H and O–H groups in total. The van der Waals surface area contributed by atoms with E-state index < -0.39 is 17.4 Å². The highest BCUT2D eigenvalue weighted by molar-refractivity contribution is 5.98. The van der Waals surface area contributed by atoms with Crippen LogP contribution in [0.3, 0.4) is 0 Å². The van der Waals surface area contributed by atoms with Gasteiger partial charge in [-0.3, -0.25) is 19.1 Å². The third kappa shape index (κ3) is 4.20. The number of methoxy groups -OCH3 is 1. The van der Waals surface area contributed by atoms with E-state index in [-0.39, 0.29) is 12.5 Å². The Morgan fingerprint density at radius 2 is 1.93 bits per heavy atom. The Balaban J connectivity index is 1.68. The zero-order valence-electron chi connectivity index (χ0n) is 15.6. The molecule has 148 valence electrons. The van der Waals surface area contributed by atoms with Gasteiger partial charge in [0, 0.05) is 23.6 Å². The number of hydrogen-bond acceptors (Lipinski definition) is 6. The molecule has 1 saturated heterocycles. The molecule has 0 atom stereocenters. The number of benzene rings is 1. The van der Waals surface area contributed by atoms with Crippen molar-refractivity contribution in [2.75, 3.05) is 32.1 Å². The fourth-order valence-electron chi connectivity index (χ4n) is 3.20. The molecule has 0 bridgehead atoms.